The Morgan fingerprint density at radius 2 is 1.54 bits per heavy atom. The summed E-state index contributed by atoms with van der Waals surface area (Å²) in [5, 5.41) is 0. The molecule has 1 unspecified atom stereocenters. The van der Waals surface area contributed by atoms with Crippen molar-refractivity contribution in [3.63, 3.8) is 0 Å². The van der Waals surface area contributed by atoms with Crippen LogP contribution >= 0.6 is 10.7 Å². The zero-order valence-electron chi connectivity index (χ0n) is 9.02. The molecule has 0 aromatic carbocycles. The summed E-state index contributed by atoms with van der Waals surface area (Å²) in [5.74, 6) is 0. The normalized spacial score (nSPS) is 18.3. The smallest absolute Gasteiger partial charge is 0.212 e. The molecule has 80 valence electrons. The van der Waals surface area contributed by atoms with E-state index in [-0.39, 0.29) is 5.41 Å². The Morgan fingerprint density at radius 3 is 1.62 bits per heavy atom. The molecule has 0 heterocycles. The molecule has 0 radical (unpaired) electrons. The molecular weight excluding hydrogens is 208 g/mol. The van der Waals surface area contributed by atoms with Crippen LogP contribution in [0.15, 0.2) is 0 Å². The molecule has 0 spiro atoms. The summed E-state index contributed by atoms with van der Waals surface area (Å²) in [6.07, 6.45) is 1.14. The lowest BCUT2D eigenvalue weighted by Gasteiger charge is -2.31. The number of rotatable bonds is 3. The molecule has 0 bridgehead atoms. The standard InChI is InChI=1S/C9H19ClO2S/c1-6-9(5,13(10,11)12)7-8(2,3)4/h6-7H2,1-5H3. The van der Waals surface area contributed by atoms with E-state index in [9.17, 15) is 8.42 Å². The predicted molar refractivity (Wildman–Crippen MR) is 57.5 cm³/mol. The van der Waals surface area contributed by atoms with Gasteiger partial charge in [-0.25, -0.2) is 8.42 Å². The van der Waals surface area contributed by atoms with Gasteiger partial charge in [0.25, 0.3) is 0 Å². The van der Waals surface area contributed by atoms with Crippen LogP contribution in [-0.2, 0) is 9.05 Å². The van der Waals surface area contributed by atoms with E-state index in [1.54, 1.807) is 6.92 Å². The van der Waals surface area contributed by atoms with Crippen LogP contribution in [0.4, 0.5) is 0 Å². The van der Waals surface area contributed by atoms with Crippen molar-refractivity contribution in [3.8, 4) is 0 Å². The van der Waals surface area contributed by atoms with Crippen LogP contribution in [0.3, 0.4) is 0 Å². The quantitative estimate of drug-likeness (QED) is 0.693. The molecule has 0 aliphatic carbocycles. The third-order valence-corrected chi connectivity index (χ3v) is 4.97. The zero-order chi connectivity index (χ0) is 10.9. The lowest BCUT2D eigenvalue weighted by Crippen LogP contribution is -2.35. The monoisotopic (exact) mass is 226 g/mol. The first-order valence-electron chi connectivity index (χ1n) is 4.46. The van der Waals surface area contributed by atoms with Crippen molar-refractivity contribution in [2.24, 2.45) is 5.41 Å². The maximum absolute atomic E-state index is 11.3. The predicted octanol–water partition coefficient (Wildman–Crippen LogP) is 3.16. The van der Waals surface area contributed by atoms with E-state index in [1.807, 2.05) is 27.7 Å². The first kappa shape index (κ1) is 13.2. The first-order chi connectivity index (χ1) is 5.52. The van der Waals surface area contributed by atoms with Gasteiger partial charge in [0.05, 0.1) is 4.75 Å². The van der Waals surface area contributed by atoms with Gasteiger partial charge in [0, 0.05) is 10.7 Å². The van der Waals surface area contributed by atoms with Crippen molar-refractivity contribution in [2.45, 2.75) is 52.2 Å². The lowest BCUT2D eigenvalue weighted by atomic mass is 9.84. The van der Waals surface area contributed by atoms with Crippen molar-refractivity contribution >= 4 is 19.7 Å². The van der Waals surface area contributed by atoms with E-state index in [1.165, 1.54) is 0 Å². The van der Waals surface area contributed by atoms with Gasteiger partial charge in [-0.3, -0.25) is 0 Å². The molecule has 0 saturated heterocycles. The van der Waals surface area contributed by atoms with Crippen molar-refractivity contribution in [1.29, 1.82) is 0 Å². The lowest BCUT2D eigenvalue weighted by molar-refractivity contribution is 0.315. The average Bonchev–Trinajstić information content (AvgIpc) is 1.81. The first-order valence-corrected chi connectivity index (χ1v) is 6.77. The molecular formula is C9H19ClO2S. The largest absolute Gasteiger partial charge is 0.238 e. The van der Waals surface area contributed by atoms with Crippen molar-refractivity contribution in [1.82, 2.24) is 0 Å². The highest BCUT2D eigenvalue weighted by molar-refractivity contribution is 8.14. The van der Waals surface area contributed by atoms with Crippen LogP contribution in [0.1, 0.15) is 47.5 Å². The molecule has 1 atom stereocenters. The van der Waals surface area contributed by atoms with E-state index in [2.05, 4.69) is 0 Å². The Bertz CT molecular complexity index is 264. The van der Waals surface area contributed by atoms with Gasteiger partial charge in [0.15, 0.2) is 0 Å². The third kappa shape index (κ3) is 3.86. The second kappa shape index (κ2) is 3.77. The topological polar surface area (TPSA) is 34.1 Å². The summed E-state index contributed by atoms with van der Waals surface area (Å²) in [6.45, 7) is 9.61. The van der Waals surface area contributed by atoms with Gasteiger partial charge in [-0.15, -0.1) is 0 Å². The summed E-state index contributed by atoms with van der Waals surface area (Å²) < 4.78 is 21.9. The second-order valence-corrected chi connectivity index (χ2v) is 8.06. The molecule has 0 aromatic heterocycles. The van der Waals surface area contributed by atoms with E-state index in [0.717, 1.165) is 0 Å². The minimum atomic E-state index is -3.48. The van der Waals surface area contributed by atoms with Crippen LogP contribution in [0.5, 0.6) is 0 Å². The Labute approximate surface area is 86.1 Å². The summed E-state index contributed by atoms with van der Waals surface area (Å²) in [5.41, 5.74) is -0.0211. The Hall–Kier alpha value is 0.240. The average molecular weight is 227 g/mol. The van der Waals surface area contributed by atoms with Gasteiger partial charge in [0.1, 0.15) is 0 Å². The summed E-state index contributed by atoms with van der Waals surface area (Å²) in [4.78, 5) is 0. The molecule has 13 heavy (non-hydrogen) atoms. The number of hydrogen-bond donors (Lipinski definition) is 0. The van der Waals surface area contributed by atoms with Gasteiger partial charge in [-0.1, -0.05) is 27.7 Å². The van der Waals surface area contributed by atoms with Gasteiger partial charge >= 0.3 is 0 Å². The highest BCUT2D eigenvalue weighted by atomic mass is 35.7. The molecule has 0 saturated carbocycles. The van der Waals surface area contributed by atoms with Crippen LogP contribution < -0.4 is 0 Å². The van der Waals surface area contributed by atoms with E-state index >= 15 is 0 Å². The van der Waals surface area contributed by atoms with Gasteiger partial charge in [-0.2, -0.15) is 0 Å². The SMILES string of the molecule is CCC(C)(CC(C)(C)C)S(=O)(=O)Cl. The molecule has 0 aliphatic heterocycles. The minimum absolute atomic E-state index is 0.0211. The van der Waals surface area contributed by atoms with Gasteiger partial charge < -0.3 is 0 Å². The van der Waals surface area contributed by atoms with Crippen LogP contribution in [0, 0.1) is 5.41 Å². The molecule has 0 rings (SSSR count). The zero-order valence-corrected chi connectivity index (χ0v) is 10.6. The number of hydrogen-bond acceptors (Lipinski definition) is 2. The Morgan fingerprint density at radius 1 is 1.15 bits per heavy atom. The molecule has 0 amide bonds. The van der Waals surface area contributed by atoms with Gasteiger partial charge in [0.2, 0.25) is 9.05 Å². The van der Waals surface area contributed by atoms with Crippen molar-refractivity contribution < 1.29 is 8.42 Å². The molecule has 0 fully saturated rings. The number of halogens is 1. The fraction of sp³-hybridized carbons (Fsp3) is 1.00. The maximum Gasteiger partial charge on any atom is 0.238 e. The van der Waals surface area contributed by atoms with E-state index < -0.39 is 13.8 Å². The van der Waals surface area contributed by atoms with Crippen molar-refractivity contribution in [3.05, 3.63) is 0 Å². The Kier molecular flexibility index (Phi) is 3.84. The highest BCUT2D eigenvalue weighted by Gasteiger charge is 2.39. The molecule has 0 aromatic rings. The van der Waals surface area contributed by atoms with Crippen molar-refractivity contribution in [2.75, 3.05) is 0 Å². The van der Waals surface area contributed by atoms with Crippen LogP contribution in [-0.4, -0.2) is 13.2 Å². The Balaban J connectivity index is 4.89. The molecule has 0 aliphatic rings. The summed E-state index contributed by atoms with van der Waals surface area (Å²) in [6, 6.07) is 0. The molecule has 4 heteroatoms. The summed E-state index contributed by atoms with van der Waals surface area (Å²) >= 11 is 0. The minimum Gasteiger partial charge on any atom is -0.212 e. The third-order valence-electron chi connectivity index (χ3n) is 2.24. The van der Waals surface area contributed by atoms with Crippen LogP contribution in [0.2, 0.25) is 0 Å². The second-order valence-electron chi connectivity index (χ2n) is 4.98. The molecule has 0 N–H and O–H groups in total. The van der Waals surface area contributed by atoms with E-state index in [4.69, 9.17) is 10.7 Å². The van der Waals surface area contributed by atoms with Crippen LogP contribution in [0.25, 0.3) is 0 Å². The fourth-order valence-electron chi connectivity index (χ4n) is 1.51. The highest BCUT2D eigenvalue weighted by Crippen LogP contribution is 2.36. The van der Waals surface area contributed by atoms with E-state index in [0.29, 0.717) is 12.8 Å². The summed E-state index contributed by atoms with van der Waals surface area (Å²) in [7, 11) is 1.94. The molecule has 2 nitrogen and oxygen atoms in total. The fourth-order valence-corrected chi connectivity index (χ4v) is 2.95. The maximum atomic E-state index is 11.3. The van der Waals surface area contributed by atoms with Gasteiger partial charge in [-0.05, 0) is 25.2 Å².